The molecule has 37 heavy (non-hydrogen) atoms. The highest BCUT2D eigenvalue weighted by molar-refractivity contribution is 6.01. The number of piperazine rings is 1. The van der Waals surface area contributed by atoms with Crippen LogP contribution < -0.4 is 9.64 Å². The van der Waals surface area contributed by atoms with E-state index in [0.717, 1.165) is 49.7 Å². The number of benzene rings is 1. The monoisotopic (exact) mass is 501 g/mol. The summed E-state index contributed by atoms with van der Waals surface area (Å²) >= 11 is 0. The quantitative estimate of drug-likeness (QED) is 0.421. The molecule has 0 aliphatic carbocycles. The van der Waals surface area contributed by atoms with Crippen molar-refractivity contribution >= 4 is 11.6 Å². The Balaban J connectivity index is 1.40. The number of carbonyl (C=O) groups excluding carboxylic acids is 1. The Labute approximate surface area is 218 Å². The van der Waals surface area contributed by atoms with E-state index in [9.17, 15) is 4.79 Å². The number of hydrogen-bond donors (Lipinski definition) is 0. The average Bonchev–Trinajstić information content (AvgIpc) is 3.36. The number of rotatable bonds is 10. The molecular formula is C28H35N7O2. The number of nitriles is 1. The second-order valence-electron chi connectivity index (χ2n) is 9.03. The fourth-order valence-corrected chi connectivity index (χ4v) is 4.73. The zero-order valence-electron chi connectivity index (χ0n) is 21.9. The van der Waals surface area contributed by atoms with Gasteiger partial charge in [0, 0.05) is 64.8 Å². The van der Waals surface area contributed by atoms with E-state index in [1.54, 1.807) is 12.4 Å². The van der Waals surface area contributed by atoms with Gasteiger partial charge in [0.15, 0.2) is 5.75 Å². The Morgan fingerprint density at radius 3 is 2.38 bits per heavy atom. The van der Waals surface area contributed by atoms with Gasteiger partial charge in [-0.2, -0.15) is 5.26 Å². The van der Waals surface area contributed by atoms with E-state index < -0.39 is 0 Å². The van der Waals surface area contributed by atoms with E-state index in [1.807, 2.05) is 48.6 Å². The van der Waals surface area contributed by atoms with E-state index in [-0.39, 0.29) is 5.91 Å². The van der Waals surface area contributed by atoms with Crippen molar-refractivity contribution in [3.63, 3.8) is 0 Å². The van der Waals surface area contributed by atoms with Gasteiger partial charge in [0.2, 0.25) is 0 Å². The Hall–Kier alpha value is -3.90. The topological polar surface area (TPSA) is 90.5 Å². The molecule has 9 nitrogen and oxygen atoms in total. The van der Waals surface area contributed by atoms with E-state index in [2.05, 4.69) is 44.3 Å². The molecule has 1 aliphatic heterocycles. The minimum absolute atomic E-state index is 0.00135. The zero-order valence-corrected chi connectivity index (χ0v) is 21.9. The van der Waals surface area contributed by atoms with Gasteiger partial charge < -0.3 is 19.1 Å². The normalized spacial score (nSPS) is 13.8. The molecule has 0 spiro atoms. The minimum atomic E-state index is 0.00135. The van der Waals surface area contributed by atoms with Crippen LogP contribution in [-0.2, 0) is 13.1 Å². The van der Waals surface area contributed by atoms with Crippen LogP contribution in [0.25, 0.3) is 0 Å². The number of ether oxygens (including phenoxy) is 1. The first-order valence-corrected chi connectivity index (χ1v) is 12.9. The first-order chi connectivity index (χ1) is 18.1. The van der Waals surface area contributed by atoms with Gasteiger partial charge in [-0.1, -0.05) is 12.1 Å². The van der Waals surface area contributed by atoms with Gasteiger partial charge in [0.25, 0.3) is 5.91 Å². The van der Waals surface area contributed by atoms with Crippen LogP contribution in [0.5, 0.6) is 5.75 Å². The largest absolute Gasteiger partial charge is 0.490 e. The van der Waals surface area contributed by atoms with Crippen molar-refractivity contribution in [2.45, 2.75) is 33.9 Å². The molecule has 3 heterocycles. The molecule has 4 rings (SSSR count). The average molecular weight is 502 g/mol. The van der Waals surface area contributed by atoms with Gasteiger partial charge in [-0.25, -0.2) is 4.98 Å². The maximum atomic E-state index is 13.6. The summed E-state index contributed by atoms with van der Waals surface area (Å²) < 4.78 is 7.97. The number of imidazole rings is 1. The van der Waals surface area contributed by atoms with Gasteiger partial charge in [0.05, 0.1) is 47.7 Å². The minimum Gasteiger partial charge on any atom is -0.490 e. The maximum absolute atomic E-state index is 13.6. The third kappa shape index (κ3) is 6.09. The van der Waals surface area contributed by atoms with E-state index in [1.165, 1.54) is 0 Å². The first kappa shape index (κ1) is 26.2. The van der Waals surface area contributed by atoms with E-state index >= 15 is 0 Å². The predicted molar refractivity (Wildman–Crippen MR) is 143 cm³/mol. The highest BCUT2D eigenvalue weighted by Crippen LogP contribution is 2.32. The molecule has 0 radical (unpaired) electrons. The van der Waals surface area contributed by atoms with Crippen molar-refractivity contribution in [2.24, 2.45) is 0 Å². The van der Waals surface area contributed by atoms with Crippen LogP contribution in [0.2, 0.25) is 0 Å². The van der Waals surface area contributed by atoms with Crippen molar-refractivity contribution in [1.29, 1.82) is 5.26 Å². The molecule has 1 aromatic carbocycles. The summed E-state index contributed by atoms with van der Waals surface area (Å²) in [5.74, 6) is 0.660. The molecule has 0 bridgehead atoms. The molecule has 1 amide bonds. The number of carbonyl (C=O) groups is 1. The number of amides is 1. The summed E-state index contributed by atoms with van der Waals surface area (Å²) in [6, 6.07) is 9.80. The van der Waals surface area contributed by atoms with Crippen LogP contribution in [0.3, 0.4) is 0 Å². The molecule has 0 N–H and O–H groups in total. The van der Waals surface area contributed by atoms with Crippen molar-refractivity contribution in [2.75, 3.05) is 50.8 Å². The number of aromatic nitrogens is 3. The summed E-state index contributed by atoms with van der Waals surface area (Å²) in [6.07, 6.45) is 7.13. The summed E-state index contributed by atoms with van der Waals surface area (Å²) in [7, 11) is 0. The molecule has 0 saturated carbocycles. The smallest absolute Gasteiger partial charge is 0.257 e. The van der Waals surface area contributed by atoms with Gasteiger partial charge >= 0.3 is 0 Å². The lowest BCUT2D eigenvalue weighted by atomic mass is 10.1. The van der Waals surface area contributed by atoms with Crippen molar-refractivity contribution in [3.8, 4) is 11.8 Å². The molecule has 194 valence electrons. The van der Waals surface area contributed by atoms with Crippen LogP contribution in [-0.4, -0.2) is 76.1 Å². The highest BCUT2D eigenvalue weighted by Gasteiger charge is 2.27. The Morgan fingerprint density at radius 2 is 1.73 bits per heavy atom. The first-order valence-electron chi connectivity index (χ1n) is 12.9. The third-order valence-electron chi connectivity index (χ3n) is 6.77. The molecule has 9 heteroatoms. The lowest BCUT2D eigenvalue weighted by Gasteiger charge is -2.35. The summed E-state index contributed by atoms with van der Waals surface area (Å²) in [4.78, 5) is 28.7. The van der Waals surface area contributed by atoms with Crippen LogP contribution >= 0.6 is 0 Å². The van der Waals surface area contributed by atoms with Crippen molar-refractivity contribution in [1.82, 2.24) is 24.3 Å². The Morgan fingerprint density at radius 1 is 1.00 bits per heavy atom. The highest BCUT2D eigenvalue weighted by atomic mass is 16.5. The van der Waals surface area contributed by atoms with Crippen LogP contribution in [0.4, 0.5) is 5.69 Å². The lowest BCUT2D eigenvalue weighted by molar-refractivity contribution is 0.0625. The molecule has 1 saturated heterocycles. The SMILES string of the molecule is CCOc1cncc(C(=O)N2CCN(Cc3cncn3Cc3ccc(C#N)cc3)CC2)c1N(CC)CC. The fraction of sp³-hybridized carbons (Fsp3) is 0.429. The second kappa shape index (κ2) is 12.4. The van der Waals surface area contributed by atoms with Crippen molar-refractivity contribution in [3.05, 3.63) is 71.6 Å². The molecular weight excluding hydrogens is 466 g/mol. The van der Waals surface area contributed by atoms with Crippen LogP contribution in [0, 0.1) is 11.3 Å². The molecule has 3 aromatic rings. The molecule has 1 aliphatic rings. The Kier molecular flexibility index (Phi) is 8.75. The number of pyridine rings is 1. The molecule has 0 unspecified atom stereocenters. The molecule has 0 atom stereocenters. The van der Waals surface area contributed by atoms with Gasteiger partial charge in [-0.15, -0.1) is 0 Å². The van der Waals surface area contributed by atoms with E-state index in [0.29, 0.717) is 43.1 Å². The third-order valence-corrected chi connectivity index (χ3v) is 6.77. The summed E-state index contributed by atoms with van der Waals surface area (Å²) in [5, 5.41) is 9.02. The van der Waals surface area contributed by atoms with Crippen LogP contribution in [0.1, 0.15) is 48.0 Å². The molecule has 1 fully saturated rings. The second-order valence-corrected chi connectivity index (χ2v) is 9.03. The Bertz CT molecular complexity index is 1220. The van der Waals surface area contributed by atoms with Crippen molar-refractivity contribution < 1.29 is 9.53 Å². The number of nitrogens with zero attached hydrogens (tertiary/aromatic N) is 7. The fourth-order valence-electron chi connectivity index (χ4n) is 4.73. The van der Waals surface area contributed by atoms with Crippen LogP contribution in [0.15, 0.2) is 49.2 Å². The van der Waals surface area contributed by atoms with Gasteiger partial charge in [-0.05, 0) is 38.5 Å². The maximum Gasteiger partial charge on any atom is 0.257 e. The summed E-state index contributed by atoms with van der Waals surface area (Å²) in [6.45, 7) is 12.5. The van der Waals surface area contributed by atoms with Gasteiger partial charge in [0.1, 0.15) is 0 Å². The number of anilines is 1. The van der Waals surface area contributed by atoms with Gasteiger partial charge in [-0.3, -0.25) is 14.7 Å². The predicted octanol–water partition coefficient (Wildman–Crippen LogP) is 3.40. The summed E-state index contributed by atoms with van der Waals surface area (Å²) in [5.41, 5.74) is 4.35. The van der Waals surface area contributed by atoms with E-state index in [4.69, 9.17) is 10.00 Å². The molecule has 2 aromatic heterocycles. The number of hydrogen-bond acceptors (Lipinski definition) is 7. The lowest BCUT2D eigenvalue weighted by Crippen LogP contribution is -2.48. The standard InChI is InChI=1S/C28H35N7O2/c1-4-33(5-2)27-25(17-30-18-26(27)37-6-3)28(36)34-13-11-32(12-14-34)20-24-16-31-21-35(24)19-23-9-7-22(15-29)8-10-23/h7-10,16-18,21H,4-6,11-14,19-20H2,1-3H3. The zero-order chi connectivity index (χ0) is 26.2.